The predicted molar refractivity (Wildman–Crippen MR) is 108 cm³/mol. The minimum atomic E-state index is -0.203. The van der Waals surface area contributed by atoms with Crippen LogP contribution >= 0.6 is 35.6 Å². The number of likely N-dealkylation sites (tertiary alicyclic amines) is 1. The van der Waals surface area contributed by atoms with Crippen LogP contribution in [0.4, 0.5) is 0 Å². The predicted octanol–water partition coefficient (Wildman–Crippen LogP) is 4.04. The highest BCUT2D eigenvalue weighted by molar-refractivity contribution is 6.35. The molecule has 1 fully saturated rings. The van der Waals surface area contributed by atoms with Gasteiger partial charge in [-0.25, -0.2) is 0 Å². The second-order valence-electron chi connectivity index (χ2n) is 7.43. The lowest BCUT2D eigenvalue weighted by Gasteiger charge is -2.44. The minimum absolute atomic E-state index is 0. The zero-order valence-corrected chi connectivity index (χ0v) is 17.5. The van der Waals surface area contributed by atoms with E-state index in [-0.39, 0.29) is 41.9 Å². The number of nitrogens with one attached hydrogen (secondary N) is 1. The number of carbonyl (C=O) groups excluding carboxylic acids is 1. The van der Waals surface area contributed by atoms with Gasteiger partial charge in [-0.2, -0.15) is 0 Å². The highest BCUT2D eigenvalue weighted by Gasteiger charge is 2.36. The fourth-order valence-electron chi connectivity index (χ4n) is 3.18. The Hall–Kier alpha value is -0.520. The van der Waals surface area contributed by atoms with Crippen molar-refractivity contribution in [2.24, 2.45) is 11.1 Å². The van der Waals surface area contributed by atoms with E-state index in [4.69, 9.17) is 28.9 Å². The average Bonchev–Trinajstić information content (AvgIpc) is 2.48. The molecule has 1 aromatic carbocycles. The van der Waals surface area contributed by atoms with E-state index in [1.54, 1.807) is 12.1 Å². The summed E-state index contributed by atoms with van der Waals surface area (Å²) in [6.45, 7) is 9.84. The molecule has 1 aliphatic heterocycles. The van der Waals surface area contributed by atoms with E-state index in [2.05, 4.69) is 24.1 Å². The Morgan fingerprint density at radius 2 is 2.00 bits per heavy atom. The van der Waals surface area contributed by atoms with Gasteiger partial charge in [0.15, 0.2) is 0 Å². The van der Waals surface area contributed by atoms with Gasteiger partial charge in [-0.05, 0) is 43.4 Å². The maximum atomic E-state index is 12.6. The van der Waals surface area contributed by atoms with Crippen LogP contribution in [0.1, 0.15) is 45.7 Å². The number of hydrogen-bond donors (Lipinski definition) is 2. The molecule has 3 N–H and O–H groups in total. The largest absolute Gasteiger partial charge is 0.348 e. The van der Waals surface area contributed by atoms with E-state index < -0.39 is 0 Å². The summed E-state index contributed by atoms with van der Waals surface area (Å²) in [5, 5.41) is 4.20. The molecule has 7 heteroatoms. The molecule has 0 spiro atoms. The molecule has 3 unspecified atom stereocenters. The Bertz CT molecular complexity index is 609. The average molecular weight is 409 g/mol. The van der Waals surface area contributed by atoms with Gasteiger partial charge in [0.25, 0.3) is 0 Å². The van der Waals surface area contributed by atoms with Crippen LogP contribution in [0.3, 0.4) is 0 Å². The van der Waals surface area contributed by atoms with E-state index in [1.165, 1.54) is 0 Å². The van der Waals surface area contributed by atoms with Crippen LogP contribution in [-0.2, 0) is 4.79 Å². The number of benzene rings is 1. The quantitative estimate of drug-likeness (QED) is 0.790. The molecule has 2 rings (SSSR count). The summed E-state index contributed by atoms with van der Waals surface area (Å²) in [6, 6.07) is 5.12. The van der Waals surface area contributed by atoms with Crippen LogP contribution in [-0.4, -0.2) is 36.0 Å². The van der Waals surface area contributed by atoms with Crippen molar-refractivity contribution in [1.29, 1.82) is 0 Å². The van der Waals surface area contributed by atoms with Crippen molar-refractivity contribution < 1.29 is 4.79 Å². The van der Waals surface area contributed by atoms with Gasteiger partial charge in [-0.15, -0.1) is 12.4 Å². The summed E-state index contributed by atoms with van der Waals surface area (Å²) in [6.07, 6.45) is 0.906. The first-order valence-corrected chi connectivity index (χ1v) is 9.12. The molecule has 0 aromatic heterocycles. The Morgan fingerprint density at radius 3 is 2.56 bits per heavy atom. The Kier molecular flexibility index (Phi) is 8.03. The van der Waals surface area contributed by atoms with Crippen molar-refractivity contribution in [3.05, 3.63) is 33.8 Å². The topological polar surface area (TPSA) is 58.4 Å². The molecular weight excluding hydrogens is 381 g/mol. The molecule has 3 atom stereocenters. The van der Waals surface area contributed by atoms with E-state index in [0.717, 1.165) is 25.1 Å². The van der Waals surface area contributed by atoms with Gasteiger partial charge >= 0.3 is 0 Å². The molecule has 0 bridgehead atoms. The third-order valence-electron chi connectivity index (χ3n) is 5.06. The number of nitrogens with zero attached hydrogens (tertiary/aromatic N) is 1. The third kappa shape index (κ3) is 5.48. The number of hydrogen-bond acceptors (Lipinski definition) is 3. The maximum Gasteiger partial charge on any atom is 0.237 e. The van der Waals surface area contributed by atoms with E-state index in [1.807, 2.05) is 19.9 Å². The molecule has 0 saturated carbocycles. The van der Waals surface area contributed by atoms with Gasteiger partial charge in [-0.3, -0.25) is 9.69 Å². The lowest BCUT2D eigenvalue weighted by atomic mass is 9.79. The number of halogens is 3. The van der Waals surface area contributed by atoms with Crippen molar-refractivity contribution in [2.75, 3.05) is 13.1 Å². The van der Waals surface area contributed by atoms with Crippen LogP contribution in [0.25, 0.3) is 0 Å². The van der Waals surface area contributed by atoms with Crippen molar-refractivity contribution in [1.82, 2.24) is 10.2 Å². The van der Waals surface area contributed by atoms with Gasteiger partial charge in [0.1, 0.15) is 0 Å². The van der Waals surface area contributed by atoms with Crippen molar-refractivity contribution in [3.8, 4) is 0 Å². The summed E-state index contributed by atoms with van der Waals surface area (Å²) in [4.78, 5) is 14.8. The van der Waals surface area contributed by atoms with Crippen LogP contribution in [0.15, 0.2) is 18.2 Å². The maximum absolute atomic E-state index is 12.6. The zero-order chi connectivity index (χ0) is 18.1. The zero-order valence-electron chi connectivity index (χ0n) is 15.2. The first-order chi connectivity index (χ1) is 11.1. The summed E-state index contributed by atoms with van der Waals surface area (Å²) in [5.41, 5.74) is 7.06. The molecule has 1 aromatic rings. The Morgan fingerprint density at radius 1 is 1.36 bits per heavy atom. The van der Waals surface area contributed by atoms with E-state index in [0.29, 0.717) is 10.0 Å². The smallest absolute Gasteiger partial charge is 0.237 e. The Balaban J connectivity index is 0.00000312. The van der Waals surface area contributed by atoms with Crippen molar-refractivity contribution >= 4 is 41.5 Å². The SMILES string of the molecule is CC(NC(=O)C(C)N1CCC(N)C(C)(C)C1)c1ccc(Cl)cc1Cl.Cl. The van der Waals surface area contributed by atoms with Gasteiger partial charge < -0.3 is 11.1 Å². The molecule has 1 amide bonds. The molecule has 0 aliphatic carbocycles. The third-order valence-corrected chi connectivity index (χ3v) is 5.62. The van der Waals surface area contributed by atoms with Gasteiger partial charge in [0, 0.05) is 29.2 Å². The second-order valence-corrected chi connectivity index (χ2v) is 8.27. The second kappa shape index (κ2) is 8.92. The van der Waals surface area contributed by atoms with E-state index in [9.17, 15) is 4.79 Å². The summed E-state index contributed by atoms with van der Waals surface area (Å²) < 4.78 is 0. The molecule has 1 saturated heterocycles. The molecule has 25 heavy (non-hydrogen) atoms. The normalized spacial score (nSPS) is 22.6. The van der Waals surface area contributed by atoms with Gasteiger partial charge in [-0.1, -0.05) is 43.1 Å². The highest BCUT2D eigenvalue weighted by atomic mass is 35.5. The summed E-state index contributed by atoms with van der Waals surface area (Å²) in [5.74, 6) is -0.000196. The van der Waals surface area contributed by atoms with Crippen LogP contribution in [0.2, 0.25) is 10.0 Å². The number of carbonyl (C=O) groups is 1. The van der Waals surface area contributed by atoms with Gasteiger partial charge in [0.2, 0.25) is 5.91 Å². The van der Waals surface area contributed by atoms with Crippen LogP contribution < -0.4 is 11.1 Å². The van der Waals surface area contributed by atoms with Crippen LogP contribution in [0, 0.1) is 5.41 Å². The Labute approximate surface area is 166 Å². The first-order valence-electron chi connectivity index (χ1n) is 8.37. The van der Waals surface area contributed by atoms with Gasteiger partial charge in [0.05, 0.1) is 12.1 Å². The summed E-state index contributed by atoms with van der Waals surface area (Å²) in [7, 11) is 0. The standard InChI is InChI=1S/C18H27Cl2N3O.ClH/c1-11(14-6-5-13(19)9-15(14)20)22-17(24)12(2)23-8-7-16(21)18(3,4)10-23;/h5-6,9,11-12,16H,7-8,10,21H2,1-4H3,(H,22,24);1H. The number of piperidine rings is 1. The number of nitrogens with two attached hydrogens (primary N) is 1. The molecule has 4 nitrogen and oxygen atoms in total. The van der Waals surface area contributed by atoms with Crippen molar-refractivity contribution in [2.45, 2.75) is 52.2 Å². The number of amides is 1. The minimum Gasteiger partial charge on any atom is -0.348 e. The highest BCUT2D eigenvalue weighted by Crippen LogP contribution is 2.29. The fourth-order valence-corrected chi connectivity index (χ4v) is 3.75. The lowest BCUT2D eigenvalue weighted by Crippen LogP contribution is -2.57. The fraction of sp³-hybridized carbons (Fsp3) is 0.611. The monoisotopic (exact) mass is 407 g/mol. The molecule has 1 aliphatic rings. The van der Waals surface area contributed by atoms with E-state index >= 15 is 0 Å². The number of rotatable bonds is 4. The van der Waals surface area contributed by atoms with Crippen molar-refractivity contribution in [3.63, 3.8) is 0 Å². The lowest BCUT2D eigenvalue weighted by molar-refractivity contribution is -0.127. The summed E-state index contributed by atoms with van der Waals surface area (Å²) >= 11 is 12.2. The molecule has 0 radical (unpaired) electrons. The molecular formula is C18H28Cl3N3O. The first kappa shape index (κ1) is 22.5. The molecule has 1 heterocycles. The van der Waals surface area contributed by atoms with Crippen LogP contribution in [0.5, 0.6) is 0 Å². The molecule has 142 valence electrons.